The molecule has 2 rings (SSSR count). The lowest BCUT2D eigenvalue weighted by molar-refractivity contribution is -0.152. The third kappa shape index (κ3) is 4.23. The molecule has 0 aliphatic rings. The number of carboxylic acids is 1. The molecule has 0 atom stereocenters. The van der Waals surface area contributed by atoms with E-state index in [0.717, 1.165) is 17.0 Å². The van der Waals surface area contributed by atoms with Gasteiger partial charge in [0.05, 0.1) is 0 Å². The van der Waals surface area contributed by atoms with Crippen molar-refractivity contribution in [2.75, 3.05) is 0 Å². The van der Waals surface area contributed by atoms with Gasteiger partial charge in [0.15, 0.2) is 5.60 Å². The van der Waals surface area contributed by atoms with Crippen LogP contribution in [0.3, 0.4) is 0 Å². The summed E-state index contributed by atoms with van der Waals surface area (Å²) >= 11 is 5.86. The highest BCUT2D eigenvalue weighted by molar-refractivity contribution is 6.30. The quantitative estimate of drug-likeness (QED) is 0.901. The summed E-state index contributed by atoms with van der Waals surface area (Å²) in [6.07, 6.45) is 0.791. The van der Waals surface area contributed by atoms with Gasteiger partial charge in [-0.25, -0.2) is 4.79 Å². The number of hydrogen-bond acceptors (Lipinski definition) is 2. The van der Waals surface area contributed by atoms with Crippen LogP contribution in [-0.2, 0) is 11.2 Å². The largest absolute Gasteiger partial charge is 0.478 e. The molecule has 2 aromatic rings. The second kappa shape index (κ2) is 6.19. The van der Waals surface area contributed by atoms with Crippen molar-refractivity contribution < 1.29 is 14.6 Å². The molecule has 110 valence electrons. The van der Waals surface area contributed by atoms with Gasteiger partial charge in [0.1, 0.15) is 5.75 Å². The second-order valence-electron chi connectivity index (χ2n) is 5.36. The summed E-state index contributed by atoms with van der Waals surface area (Å²) in [6.45, 7) is 3.05. The summed E-state index contributed by atoms with van der Waals surface area (Å²) in [6, 6.07) is 15.1. The molecule has 0 amide bonds. The minimum Gasteiger partial charge on any atom is -0.478 e. The van der Waals surface area contributed by atoms with Gasteiger partial charge in [-0.2, -0.15) is 0 Å². The molecule has 2 aromatic carbocycles. The summed E-state index contributed by atoms with van der Waals surface area (Å²) in [4.78, 5) is 11.0. The zero-order chi connectivity index (χ0) is 15.5. The fourth-order valence-corrected chi connectivity index (χ4v) is 1.98. The minimum absolute atomic E-state index is 0.544. The first-order chi connectivity index (χ1) is 9.87. The molecule has 0 aliphatic heterocycles. The monoisotopic (exact) mass is 304 g/mol. The first kappa shape index (κ1) is 15.4. The number of benzene rings is 2. The summed E-state index contributed by atoms with van der Waals surface area (Å²) < 4.78 is 5.47. The fraction of sp³-hybridized carbons (Fsp3) is 0.235. The lowest BCUT2D eigenvalue weighted by Crippen LogP contribution is -2.37. The van der Waals surface area contributed by atoms with E-state index in [0.29, 0.717) is 5.75 Å². The van der Waals surface area contributed by atoms with Crippen molar-refractivity contribution in [3.8, 4) is 5.75 Å². The number of halogens is 1. The molecule has 0 radical (unpaired) electrons. The van der Waals surface area contributed by atoms with Gasteiger partial charge < -0.3 is 9.84 Å². The van der Waals surface area contributed by atoms with Crippen LogP contribution in [0.2, 0.25) is 5.02 Å². The van der Waals surface area contributed by atoms with Crippen LogP contribution in [0.15, 0.2) is 48.5 Å². The van der Waals surface area contributed by atoms with Crippen LogP contribution in [0.1, 0.15) is 25.0 Å². The summed E-state index contributed by atoms with van der Waals surface area (Å²) in [5, 5.41) is 9.76. The Morgan fingerprint density at radius 2 is 1.52 bits per heavy atom. The smallest absolute Gasteiger partial charge is 0.347 e. The Balaban J connectivity index is 2.05. The zero-order valence-corrected chi connectivity index (χ0v) is 12.7. The summed E-state index contributed by atoms with van der Waals surface area (Å²) in [5.74, 6) is -0.449. The Morgan fingerprint density at radius 3 is 2.00 bits per heavy atom. The van der Waals surface area contributed by atoms with E-state index in [1.165, 1.54) is 19.4 Å². The van der Waals surface area contributed by atoms with Gasteiger partial charge in [-0.15, -0.1) is 0 Å². The number of hydrogen-bond donors (Lipinski definition) is 1. The van der Waals surface area contributed by atoms with Crippen molar-refractivity contribution in [3.63, 3.8) is 0 Å². The Kier molecular flexibility index (Phi) is 4.53. The zero-order valence-electron chi connectivity index (χ0n) is 12.0. The molecule has 3 nitrogen and oxygen atoms in total. The van der Waals surface area contributed by atoms with Crippen molar-refractivity contribution in [2.24, 2.45) is 0 Å². The van der Waals surface area contributed by atoms with Crippen LogP contribution in [0.5, 0.6) is 5.75 Å². The standard InChI is InChI=1S/C17H17ClO3/c1-17(2,16(19)20)21-15-9-5-13(6-10-15)11-12-3-7-14(18)8-4-12/h3-10H,11H2,1-2H3,(H,19,20). The minimum atomic E-state index is -1.24. The van der Waals surface area contributed by atoms with Crippen molar-refractivity contribution in [3.05, 3.63) is 64.7 Å². The predicted octanol–water partition coefficient (Wildman–Crippen LogP) is 4.17. The van der Waals surface area contributed by atoms with E-state index in [4.69, 9.17) is 21.4 Å². The highest BCUT2D eigenvalue weighted by atomic mass is 35.5. The van der Waals surface area contributed by atoms with Crippen LogP contribution in [0.25, 0.3) is 0 Å². The van der Waals surface area contributed by atoms with Crippen LogP contribution >= 0.6 is 11.6 Å². The summed E-state index contributed by atoms with van der Waals surface area (Å²) in [5.41, 5.74) is 1.05. The maximum absolute atomic E-state index is 11.0. The Morgan fingerprint density at radius 1 is 1.05 bits per heavy atom. The normalized spacial score (nSPS) is 11.2. The summed E-state index contributed by atoms with van der Waals surface area (Å²) in [7, 11) is 0. The molecule has 0 saturated heterocycles. The highest BCUT2D eigenvalue weighted by Crippen LogP contribution is 2.21. The average molecular weight is 305 g/mol. The second-order valence-corrected chi connectivity index (χ2v) is 5.80. The van der Waals surface area contributed by atoms with Crippen LogP contribution in [0, 0.1) is 0 Å². The third-order valence-electron chi connectivity index (χ3n) is 3.13. The maximum Gasteiger partial charge on any atom is 0.347 e. The lowest BCUT2D eigenvalue weighted by atomic mass is 10.0. The molecule has 0 fully saturated rings. The van der Waals surface area contributed by atoms with E-state index in [9.17, 15) is 4.79 Å². The number of carboxylic acid groups (broad SMARTS) is 1. The lowest BCUT2D eigenvalue weighted by Gasteiger charge is -2.21. The van der Waals surface area contributed by atoms with Gasteiger partial charge in [-0.3, -0.25) is 0 Å². The van der Waals surface area contributed by atoms with Crippen LogP contribution in [-0.4, -0.2) is 16.7 Å². The molecule has 0 spiro atoms. The Bertz CT molecular complexity index is 615. The maximum atomic E-state index is 11.0. The van der Waals surface area contributed by atoms with Gasteiger partial charge >= 0.3 is 5.97 Å². The van der Waals surface area contributed by atoms with E-state index < -0.39 is 11.6 Å². The fourth-order valence-electron chi connectivity index (χ4n) is 1.85. The Labute approximate surface area is 129 Å². The first-order valence-corrected chi connectivity index (χ1v) is 7.00. The molecular formula is C17H17ClO3. The van der Waals surface area contributed by atoms with Crippen LogP contribution < -0.4 is 4.74 Å². The van der Waals surface area contributed by atoms with Gasteiger partial charge in [0.2, 0.25) is 0 Å². The van der Waals surface area contributed by atoms with E-state index >= 15 is 0 Å². The van der Waals surface area contributed by atoms with Gasteiger partial charge in [0, 0.05) is 5.02 Å². The van der Waals surface area contributed by atoms with Gasteiger partial charge in [-0.1, -0.05) is 35.9 Å². The van der Waals surface area contributed by atoms with Gasteiger partial charge in [-0.05, 0) is 55.7 Å². The van der Waals surface area contributed by atoms with E-state index in [2.05, 4.69) is 0 Å². The van der Waals surface area contributed by atoms with E-state index in [1.54, 1.807) is 12.1 Å². The molecule has 4 heteroatoms. The third-order valence-corrected chi connectivity index (χ3v) is 3.38. The molecule has 0 heterocycles. The Hall–Kier alpha value is -2.00. The topological polar surface area (TPSA) is 46.5 Å². The average Bonchev–Trinajstić information content (AvgIpc) is 2.43. The number of ether oxygens (including phenoxy) is 1. The first-order valence-electron chi connectivity index (χ1n) is 6.62. The van der Waals surface area contributed by atoms with Crippen molar-refractivity contribution in [1.29, 1.82) is 0 Å². The molecule has 0 aromatic heterocycles. The highest BCUT2D eigenvalue weighted by Gasteiger charge is 2.29. The number of carbonyl (C=O) groups is 1. The van der Waals surface area contributed by atoms with Crippen molar-refractivity contribution >= 4 is 17.6 Å². The molecule has 1 N–H and O–H groups in total. The molecule has 0 unspecified atom stereocenters. The van der Waals surface area contributed by atoms with E-state index in [1.807, 2.05) is 36.4 Å². The number of rotatable bonds is 5. The van der Waals surface area contributed by atoms with Crippen molar-refractivity contribution in [1.82, 2.24) is 0 Å². The SMILES string of the molecule is CC(C)(Oc1ccc(Cc2ccc(Cl)cc2)cc1)C(=O)O. The molecule has 0 bridgehead atoms. The molecular weight excluding hydrogens is 288 g/mol. The molecule has 0 aliphatic carbocycles. The molecule has 21 heavy (non-hydrogen) atoms. The van der Waals surface area contributed by atoms with E-state index in [-0.39, 0.29) is 0 Å². The van der Waals surface area contributed by atoms with Gasteiger partial charge in [0.25, 0.3) is 0 Å². The van der Waals surface area contributed by atoms with Crippen LogP contribution in [0.4, 0.5) is 0 Å². The number of aliphatic carboxylic acids is 1. The predicted molar refractivity (Wildman–Crippen MR) is 83.0 cm³/mol. The molecule has 0 saturated carbocycles. The van der Waals surface area contributed by atoms with Crippen molar-refractivity contribution in [2.45, 2.75) is 25.9 Å².